The molecule has 0 amide bonds. The summed E-state index contributed by atoms with van der Waals surface area (Å²) in [7, 11) is 1.06. The highest BCUT2D eigenvalue weighted by molar-refractivity contribution is 6.64. The topological polar surface area (TPSA) is 96.8 Å². The van der Waals surface area contributed by atoms with Gasteiger partial charge in [0.1, 0.15) is 5.78 Å². The number of Topliss-reactive ketones (excluding diaryl/α,β-unsaturated/α-hetero) is 1. The van der Waals surface area contributed by atoms with Crippen molar-refractivity contribution in [2.45, 2.75) is 13.3 Å². The molecule has 0 aromatic rings. The number of rotatable bonds is 5. The fraction of sp³-hybridized carbons (Fsp3) is 0.333. The highest BCUT2D eigenvalue weighted by atomic mass is 16.5. The van der Waals surface area contributed by atoms with Crippen LogP contribution in [-0.2, 0) is 19.1 Å². The Morgan fingerprint density at radius 2 is 2.00 bits per heavy atom. The average Bonchev–Trinajstić information content (AvgIpc) is 2.18. The first-order valence-electron chi connectivity index (χ1n) is 4.03. The fourth-order valence-corrected chi connectivity index (χ4v) is 0.698. The van der Waals surface area contributed by atoms with Crippen LogP contribution in [0.25, 0.3) is 5.53 Å². The van der Waals surface area contributed by atoms with Crippen molar-refractivity contribution in [2.24, 2.45) is 0 Å². The van der Waals surface area contributed by atoms with Crippen LogP contribution in [0.2, 0.25) is 0 Å². The van der Waals surface area contributed by atoms with Crippen molar-refractivity contribution >= 4 is 23.2 Å². The van der Waals surface area contributed by atoms with Gasteiger partial charge < -0.3 is 10.3 Å². The van der Waals surface area contributed by atoms with Gasteiger partial charge in [0.15, 0.2) is 0 Å². The van der Waals surface area contributed by atoms with E-state index in [1.807, 2.05) is 0 Å². The Morgan fingerprint density at radius 3 is 2.40 bits per heavy atom. The molecular formula is C9H10N2O4. The van der Waals surface area contributed by atoms with Crippen LogP contribution in [0, 0.1) is 0 Å². The summed E-state index contributed by atoms with van der Waals surface area (Å²) >= 11 is 0. The lowest BCUT2D eigenvalue weighted by molar-refractivity contribution is -0.139. The second-order valence-electron chi connectivity index (χ2n) is 2.61. The first-order valence-corrected chi connectivity index (χ1v) is 4.03. The van der Waals surface area contributed by atoms with Gasteiger partial charge in [0.05, 0.1) is 7.11 Å². The Kier molecular flexibility index (Phi) is 5.51. The maximum absolute atomic E-state index is 11.2. The van der Waals surface area contributed by atoms with Gasteiger partial charge in [0.2, 0.25) is 0 Å². The molecular weight excluding hydrogens is 200 g/mol. The third-order valence-electron chi connectivity index (χ3n) is 1.39. The van der Waals surface area contributed by atoms with Crippen LogP contribution >= 0.6 is 0 Å². The molecule has 0 unspecified atom stereocenters. The van der Waals surface area contributed by atoms with E-state index in [2.05, 4.69) is 9.53 Å². The minimum Gasteiger partial charge on any atom is -0.460 e. The summed E-state index contributed by atoms with van der Waals surface area (Å²) in [6, 6.07) is 0. The summed E-state index contributed by atoms with van der Waals surface area (Å²) in [6.07, 6.45) is 2.33. The van der Waals surface area contributed by atoms with Crippen molar-refractivity contribution in [3.8, 4) is 0 Å². The highest BCUT2D eigenvalue weighted by Gasteiger charge is 2.27. The minimum absolute atomic E-state index is 0.0750. The first kappa shape index (κ1) is 12.9. The van der Waals surface area contributed by atoms with Crippen molar-refractivity contribution in [3.63, 3.8) is 0 Å². The number of hydrogen-bond donors (Lipinski definition) is 0. The van der Waals surface area contributed by atoms with E-state index in [9.17, 15) is 14.4 Å². The summed E-state index contributed by atoms with van der Waals surface area (Å²) < 4.78 is 4.20. The summed E-state index contributed by atoms with van der Waals surface area (Å²) in [6.45, 7) is 1.36. The molecule has 6 nitrogen and oxygen atoms in total. The zero-order valence-electron chi connectivity index (χ0n) is 8.39. The standard InChI is InChI=1S/C9H10N2O4/c1-6(12)4-3-5-7(13)8(11-10)9(14)15-2/h3,5H,4H2,1-2H3. The average molecular weight is 210 g/mol. The molecule has 0 aromatic heterocycles. The molecule has 0 fully saturated rings. The van der Waals surface area contributed by atoms with E-state index < -0.39 is 17.5 Å². The minimum atomic E-state index is -1.03. The van der Waals surface area contributed by atoms with Gasteiger partial charge in [-0.05, 0) is 13.0 Å². The quantitative estimate of drug-likeness (QED) is 0.158. The first-order chi connectivity index (χ1) is 7.02. The molecule has 0 aromatic carbocycles. The number of ketones is 2. The van der Waals surface area contributed by atoms with Crippen LogP contribution in [0.15, 0.2) is 12.2 Å². The van der Waals surface area contributed by atoms with Crippen molar-refractivity contribution in [3.05, 3.63) is 17.7 Å². The van der Waals surface area contributed by atoms with Crippen LogP contribution in [-0.4, -0.2) is 35.1 Å². The molecule has 0 N–H and O–H groups in total. The predicted octanol–water partition coefficient (Wildman–Crippen LogP) is -0.0654. The molecule has 0 aliphatic heterocycles. The van der Waals surface area contributed by atoms with Crippen LogP contribution in [0.3, 0.4) is 0 Å². The van der Waals surface area contributed by atoms with E-state index in [0.29, 0.717) is 0 Å². The van der Waals surface area contributed by atoms with E-state index in [-0.39, 0.29) is 12.2 Å². The number of carbonyl (C=O) groups excluding carboxylic acids is 3. The SMILES string of the molecule is COC(=O)C(=[N+]=[N-])C(=O)C=CCC(C)=O. The van der Waals surface area contributed by atoms with E-state index in [1.165, 1.54) is 13.0 Å². The number of hydrogen-bond acceptors (Lipinski definition) is 4. The molecule has 0 spiro atoms. The molecule has 80 valence electrons. The van der Waals surface area contributed by atoms with E-state index in [0.717, 1.165) is 13.2 Å². The molecule has 0 saturated heterocycles. The van der Waals surface area contributed by atoms with Gasteiger partial charge in [-0.2, -0.15) is 4.79 Å². The largest absolute Gasteiger partial charge is 0.460 e. The molecule has 6 heteroatoms. The molecule has 0 aliphatic carbocycles. The smallest absolute Gasteiger partial charge is 0.445 e. The number of ether oxygens (including phenoxy) is 1. The van der Waals surface area contributed by atoms with Crippen LogP contribution < -0.4 is 0 Å². The van der Waals surface area contributed by atoms with E-state index in [4.69, 9.17) is 5.53 Å². The molecule has 0 aliphatic rings. The number of esters is 1. The van der Waals surface area contributed by atoms with Crippen molar-refractivity contribution in [1.82, 2.24) is 0 Å². The molecule has 15 heavy (non-hydrogen) atoms. The van der Waals surface area contributed by atoms with Crippen LogP contribution in [0.1, 0.15) is 13.3 Å². The van der Waals surface area contributed by atoms with E-state index in [1.54, 1.807) is 0 Å². The molecule has 0 rings (SSSR count). The Hall–Kier alpha value is -2.07. The van der Waals surface area contributed by atoms with Crippen molar-refractivity contribution in [1.29, 1.82) is 0 Å². The maximum Gasteiger partial charge on any atom is 0.445 e. The predicted molar refractivity (Wildman–Crippen MR) is 50.1 cm³/mol. The zero-order valence-corrected chi connectivity index (χ0v) is 8.39. The molecule has 0 heterocycles. The lowest BCUT2D eigenvalue weighted by Gasteiger charge is -1.89. The van der Waals surface area contributed by atoms with Gasteiger partial charge in [-0.3, -0.25) is 9.59 Å². The van der Waals surface area contributed by atoms with Gasteiger partial charge in [-0.1, -0.05) is 6.08 Å². The summed E-state index contributed by atoms with van der Waals surface area (Å²) in [4.78, 5) is 35.0. The Balaban J connectivity index is 4.57. The second-order valence-corrected chi connectivity index (χ2v) is 2.61. The monoisotopic (exact) mass is 210 g/mol. The third-order valence-corrected chi connectivity index (χ3v) is 1.39. The van der Waals surface area contributed by atoms with Gasteiger partial charge in [0.25, 0.3) is 5.78 Å². The van der Waals surface area contributed by atoms with Gasteiger partial charge >= 0.3 is 11.7 Å². The normalized spacial score (nSPS) is 9.47. The zero-order chi connectivity index (χ0) is 11.8. The van der Waals surface area contributed by atoms with Crippen LogP contribution in [0.5, 0.6) is 0 Å². The van der Waals surface area contributed by atoms with Gasteiger partial charge in [0, 0.05) is 6.42 Å². The third kappa shape index (κ3) is 4.64. The molecule has 0 atom stereocenters. The lowest BCUT2D eigenvalue weighted by atomic mass is 10.2. The van der Waals surface area contributed by atoms with Crippen molar-refractivity contribution in [2.75, 3.05) is 7.11 Å². The fourth-order valence-electron chi connectivity index (χ4n) is 0.698. The summed E-state index contributed by atoms with van der Waals surface area (Å²) in [5, 5.41) is 0. The number of nitrogens with zero attached hydrogens (tertiary/aromatic N) is 2. The van der Waals surface area contributed by atoms with Crippen molar-refractivity contribution < 1.29 is 23.9 Å². The summed E-state index contributed by atoms with van der Waals surface area (Å²) in [5.41, 5.74) is 7.65. The Morgan fingerprint density at radius 1 is 1.40 bits per heavy atom. The van der Waals surface area contributed by atoms with E-state index >= 15 is 0 Å². The van der Waals surface area contributed by atoms with Gasteiger partial charge in [-0.25, -0.2) is 4.79 Å². The maximum atomic E-state index is 11.2. The molecule has 0 radical (unpaired) electrons. The number of carbonyl (C=O) groups is 3. The Labute approximate surface area is 86.1 Å². The number of methoxy groups -OCH3 is 1. The highest BCUT2D eigenvalue weighted by Crippen LogP contribution is 1.89. The number of allylic oxidation sites excluding steroid dienone is 2. The summed E-state index contributed by atoms with van der Waals surface area (Å²) in [5.74, 6) is -1.97. The Bertz CT molecular complexity index is 364. The van der Waals surface area contributed by atoms with Crippen LogP contribution in [0.4, 0.5) is 0 Å². The molecule has 0 bridgehead atoms. The van der Waals surface area contributed by atoms with Gasteiger partial charge in [-0.15, -0.1) is 0 Å². The molecule has 0 saturated carbocycles. The second kappa shape index (κ2) is 6.39. The lowest BCUT2D eigenvalue weighted by Crippen LogP contribution is -2.24.